The summed E-state index contributed by atoms with van der Waals surface area (Å²) in [5, 5.41) is 0. The van der Waals surface area contributed by atoms with Crippen LogP contribution >= 0.6 is 0 Å². The zero-order chi connectivity index (χ0) is 14.8. The first-order valence-electron chi connectivity index (χ1n) is 7.29. The molecule has 1 fully saturated rings. The summed E-state index contributed by atoms with van der Waals surface area (Å²) < 4.78 is 29.1. The number of aromatic nitrogens is 1. The van der Waals surface area contributed by atoms with E-state index >= 15 is 0 Å². The second kappa shape index (κ2) is 4.22. The minimum atomic E-state index is -2.96. The Labute approximate surface area is 123 Å². The highest BCUT2D eigenvalue weighted by Crippen LogP contribution is 2.56. The number of carbonyl (C=O) groups is 1. The van der Waals surface area contributed by atoms with Gasteiger partial charge in [-0.2, -0.15) is 0 Å². The van der Waals surface area contributed by atoms with Crippen LogP contribution in [0.25, 0.3) is 0 Å². The average Bonchev–Trinajstić information content (AvgIpc) is 2.99. The summed E-state index contributed by atoms with van der Waals surface area (Å²) in [6.07, 6.45) is 6.03. The normalized spacial score (nSPS) is 34.5. The van der Waals surface area contributed by atoms with Gasteiger partial charge in [-0.25, -0.2) is 13.2 Å². The SMILES string of the molecule is CCOC(=O)c1[nH]cc2c1[C@H]1C=C[C@@H]2[C@H]2CS(=O)(=O)C[C@H]21. The molecule has 5 nitrogen and oxygen atoms in total. The standard InChI is InChI=1S/C15H17NO4S/c1-2-20-15(17)14-13-9-4-3-8(10(13)5-16-14)11-6-21(18,19)7-12(9)11/h3-5,8-9,11-12,16H,2,6-7H2,1H3/t8-,9-,11+,12-/m0/s1. The van der Waals surface area contributed by atoms with Crippen molar-refractivity contribution < 1.29 is 17.9 Å². The van der Waals surface area contributed by atoms with Crippen LogP contribution in [0.4, 0.5) is 0 Å². The van der Waals surface area contributed by atoms with E-state index in [0.717, 1.165) is 11.1 Å². The topological polar surface area (TPSA) is 76.2 Å². The van der Waals surface area contributed by atoms with Gasteiger partial charge in [-0.05, 0) is 29.9 Å². The number of hydrogen-bond donors (Lipinski definition) is 1. The maximum absolute atomic E-state index is 12.1. The fourth-order valence-electron chi connectivity index (χ4n) is 4.27. The summed E-state index contributed by atoms with van der Waals surface area (Å²) in [5.41, 5.74) is 2.53. The number of esters is 1. The molecule has 0 spiro atoms. The summed E-state index contributed by atoms with van der Waals surface area (Å²) >= 11 is 0. The molecule has 2 bridgehead atoms. The number of aromatic amines is 1. The summed E-state index contributed by atoms with van der Waals surface area (Å²) in [4.78, 5) is 15.1. The van der Waals surface area contributed by atoms with Crippen LogP contribution in [-0.2, 0) is 14.6 Å². The monoisotopic (exact) mass is 307 g/mol. The Morgan fingerprint density at radius 2 is 1.95 bits per heavy atom. The van der Waals surface area contributed by atoms with Gasteiger partial charge in [0.05, 0.1) is 18.1 Å². The number of hydrogen-bond acceptors (Lipinski definition) is 4. The molecule has 0 saturated carbocycles. The lowest BCUT2D eigenvalue weighted by Crippen LogP contribution is -2.34. The van der Waals surface area contributed by atoms with E-state index in [4.69, 9.17) is 4.74 Å². The summed E-state index contributed by atoms with van der Waals surface area (Å²) in [5.74, 6) is 0.519. The van der Waals surface area contributed by atoms with Gasteiger partial charge in [0, 0.05) is 18.0 Å². The molecule has 0 amide bonds. The van der Waals surface area contributed by atoms with E-state index < -0.39 is 9.84 Å². The van der Waals surface area contributed by atoms with E-state index in [2.05, 4.69) is 17.1 Å². The molecule has 4 aliphatic rings. The van der Waals surface area contributed by atoms with E-state index in [-0.39, 0.29) is 41.1 Å². The molecule has 0 aromatic carbocycles. The van der Waals surface area contributed by atoms with E-state index in [1.807, 2.05) is 6.20 Å². The Balaban J connectivity index is 1.80. The smallest absolute Gasteiger partial charge is 0.355 e. The number of sulfone groups is 1. The molecule has 2 heterocycles. The lowest BCUT2D eigenvalue weighted by molar-refractivity contribution is 0.0517. The van der Waals surface area contributed by atoms with Gasteiger partial charge in [-0.1, -0.05) is 12.2 Å². The number of nitrogens with one attached hydrogen (secondary N) is 1. The first kappa shape index (κ1) is 13.1. The van der Waals surface area contributed by atoms with Gasteiger partial charge in [-0.3, -0.25) is 0 Å². The number of allylic oxidation sites excluding steroid dienone is 2. The molecule has 4 atom stereocenters. The fourth-order valence-corrected chi connectivity index (χ4v) is 6.49. The van der Waals surface area contributed by atoms with Crippen LogP contribution < -0.4 is 0 Å². The molecule has 3 aliphatic carbocycles. The lowest BCUT2D eigenvalue weighted by atomic mass is 9.61. The first-order chi connectivity index (χ1) is 10.0. The average molecular weight is 307 g/mol. The van der Waals surface area contributed by atoms with Gasteiger partial charge in [0.25, 0.3) is 0 Å². The molecule has 1 aromatic rings. The molecule has 1 saturated heterocycles. The van der Waals surface area contributed by atoms with Gasteiger partial charge >= 0.3 is 5.97 Å². The van der Waals surface area contributed by atoms with Gasteiger partial charge in [0.2, 0.25) is 0 Å². The molecule has 1 aliphatic heterocycles. The third-order valence-corrected chi connectivity index (χ3v) is 6.80. The third kappa shape index (κ3) is 1.75. The van der Waals surface area contributed by atoms with Crippen LogP contribution in [0, 0.1) is 11.8 Å². The molecule has 21 heavy (non-hydrogen) atoms. The third-order valence-electron chi connectivity index (χ3n) is 5.02. The molecule has 1 N–H and O–H groups in total. The van der Waals surface area contributed by atoms with Crippen LogP contribution in [0.3, 0.4) is 0 Å². The van der Waals surface area contributed by atoms with Crippen molar-refractivity contribution in [1.29, 1.82) is 0 Å². The molecule has 1 aromatic heterocycles. The van der Waals surface area contributed by atoms with Crippen molar-refractivity contribution in [1.82, 2.24) is 4.98 Å². The number of carbonyl (C=O) groups excluding carboxylic acids is 1. The van der Waals surface area contributed by atoms with Gasteiger partial charge < -0.3 is 9.72 Å². The molecule has 0 radical (unpaired) electrons. The Morgan fingerprint density at radius 1 is 1.29 bits per heavy atom. The lowest BCUT2D eigenvalue weighted by Gasteiger charge is -2.41. The Hall–Kier alpha value is -1.56. The second-order valence-electron chi connectivity index (χ2n) is 6.09. The van der Waals surface area contributed by atoms with Gasteiger partial charge in [0.1, 0.15) is 5.69 Å². The predicted octanol–water partition coefficient (Wildman–Crippen LogP) is 1.60. The molecule has 112 valence electrons. The molecular formula is C15H17NO4S. The highest BCUT2D eigenvalue weighted by atomic mass is 32.2. The maximum Gasteiger partial charge on any atom is 0.355 e. The predicted molar refractivity (Wildman–Crippen MR) is 77.0 cm³/mol. The van der Waals surface area contributed by atoms with Crippen molar-refractivity contribution in [2.75, 3.05) is 18.1 Å². The fraction of sp³-hybridized carbons (Fsp3) is 0.533. The van der Waals surface area contributed by atoms with Crippen molar-refractivity contribution in [2.24, 2.45) is 11.8 Å². The van der Waals surface area contributed by atoms with Crippen LogP contribution in [-0.4, -0.2) is 37.5 Å². The van der Waals surface area contributed by atoms with E-state index in [0.29, 0.717) is 12.3 Å². The zero-order valence-corrected chi connectivity index (χ0v) is 12.5. The Kier molecular flexibility index (Phi) is 2.64. The first-order valence-corrected chi connectivity index (χ1v) is 9.11. The van der Waals surface area contributed by atoms with Crippen LogP contribution in [0.1, 0.15) is 40.4 Å². The van der Waals surface area contributed by atoms with Gasteiger partial charge in [-0.15, -0.1) is 0 Å². The van der Waals surface area contributed by atoms with Crippen LogP contribution in [0.15, 0.2) is 18.3 Å². The Morgan fingerprint density at radius 3 is 2.67 bits per heavy atom. The summed E-state index contributed by atoms with van der Waals surface area (Å²) in [7, 11) is -2.96. The van der Waals surface area contributed by atoms with Crippen molar-refractivity contribution in [3.8, 4) is 0 Å². The number of ether oxygens (including phenoxy) is 1. The van der Waals surface area contributed by atoms with Crippen molar-refractivity contribution in [3.05, 3.63) is 35.2 Å². The van der Waals surface area contributed by atoms with Crippen LogP contribution in [0.2, 0.25) is 0 Å². The highest BCUT2D eigenvalue weighted by Gasteiger charge is 2.52. The number of H-pyrrole nitrogens is 1. The highest BCUT2D eigenvalue weighted by molar-refractivity contribution is 7.91. The van der Waals surface area contributed by atoms with Crippen molar-refractivity contribution in [3.63, 3.8) is 0 Å². The minimum absolute atomic E-state index is 0.0120. The van der Waals surface area contributed by atoms with Crippen molar-refractivity contribution >= 4 is 15.8 Å². The summed E-state index contributed by atoms with van der Waals surface area (Å²) in [6, 6.07) is 0. The Bertz CT molecular complexity index is 746. The zero-order valence-electron chi connectivity index (χ0n) is 11.7. The van der Waals surface area contributed by atoms with E-state index in [9.17, 15) is 13.2 Å². The van der Waals surface area contributed by atoms with E-state index in [1.54, 1.807) is 6.92 Å². The minimum Gasteiger partial charge on any atom is -0.461 e. The quantitative estimate of drug-likeness (QED) is 0.665. The molecular weight excluding hydrogens is 290 g/mol. The maximum atomic E-state index is 12.1. The van der Waals surface area contributed by atoms with Gasteiger partial charge in [0.15, 0.2) is 9.84 Å². The molecule has 5 rings (SSSR count). The molecule has 6 heteroatoms. The van der Waals surface area contributed by atoms with Crippen LogP contribution in [0.5, 0.6) is 0 Å². The largest absolute Gasteiger partial charge is 0.461 e. The molecule has 0 unspecified atom stereocenters. The second-order valence-corrected chi connectivity index (χ2v) is 8.25. The van der Waals surface area contributed by atoms with Crippen molar-refractivity contribution in [2.45, 2.75) is 18.8 Å². The van der Waals surface area contributed by atoms with E-state index in [1.165, 1.54) is 0 Å². The number of rotatable bonds is 2. The summed E-state index contributed by atoms with van der Waals surface area (Å²) in [6.45, 7) is 2.11.